The molecule has 1 atom stereocenters. The van der Waals surface area contributed by atoms with Gasteiger partial charge in [0, 0.05) is 18.3 Å². The van der Waals surface area contributed by atoms with Crippen LogP contribution in [0.5, 0.6) is 11.5 Å². The second kappa shape index (κ2) is 8.04. The Balaban J connectivity index is 0.00000208. The number of carbonyl (C=O) groups is 1. The first-order valence-electron chi connectivity index (χ1n) is 7.54. The van der Waals surface area contributed by atoms with Gasteiger partial charge in [-0.25, -0.2) is 0 Å². The predicted octanol–water partition coefficient (Wildman–Crippen LogP) is 2.78. The Labute approximate surface area is 147 Å². The van der Waals surface area contributed by atoms with Crippen LogP contribution in [0.15, 0.2) is 42.5 Å². The number of hydrogen-bond donors (Lipinski definition) is 2. The molecule has 128 valence electrons. The average molecular weight is 349 g/mol. The number of benzene rings is 2. The molecule has 1 aliphatic heterocycles. The number of amides is 1. The normalized spacial score (nSPS) is 15.7. The van der Waals surface area contributed by atoms with Crippen LogP contribution in [0.1, 0.15) is 11.1 Å². The third-order valence-corrected chi connectivity index (χ3v) is 4.05. The highest BCUT2D eigenvalue weighted by Crippen LogP contribution is 2.30. The summed E-state index contributed by atoms with van der Waals surface area (Å²) in [5.74, 6) is 1.18. The quantitative estimate of drug-likeness (QED) is 0.892. The first-order valence-corrected chi connectivity index (χ1v) is 7.54. The molecule has 0 fully saturated rings. The van der Waals surface area contributed by atoms with Gasteiger partial charge in [-0.1, -0.05) is 24.3 Å². The molecule has 1 aliphatic rings. The molecule has 3 rings (SSSR count). The lowest BCUT2D eigenvalue weighted by molar-refractivity contribution is -0.118. The van der Waals surface area contributed by atoms with Crippen molar-refractivity contribution in [3.8, 4) is 11.5 Å². The summed E-state index contributed by atoms with van der Waals surface area (Å²) in [6.45, 7) is 0.709. The monoisotopic (exact) mass is 348 g/mol. The van der Waals surface area contributed by atoms with Gasteiger partial charge in [0.15, 0.2) is 11.5 Å². The molecule has 0 bridgehead atoms. The molecule has 1 heterocycles. The molecule has 0 saturated heterocycles. The standard InChI is InChI=1S/C18H20N2O3.ClH/c1-22-16-8-7-14(10-17(16)23-2)20-18(21)15-9-12-5-3-4-6-13(12)11-19-15;/h3-8,10,15,19H,9,11H2,1-2H3,(H,20,21);1H. The Kier molecular flexibility index (Phi) is 6.06. The summed E-state index contributed by atoms with van der Waals surface area (Å²) in [4.78, 5) is 12.5. The number of halogens is 1. The van der Waals surface area contributed by atoms with Crippen LogP contribution < -0.4 is 20.1 Å². The van der Waals surface area contributed by atoms with Gasteiger partial charge in [0.25, 0.3) is 0 Å². The Morgan fingerprint density at radius 1 is 1.08 bits per heavy atom. The van der Waals surface area contributed by atoms with Gasteiger partial charge in [-0.05, 0) is 29.7 Å². The summed E-state index contributed by atoms with van der Waals surface area (Å²) in [6, 6.07) is 13.3. The topological polar surface area (TPSA) is 59.6 Å². The van der Waals surface area contributed by atoms with Crippen LogP contribution in [-0.2, 0) is 17.8 Å². The molecule has 2 aromatic carbocycles. The molecule has 6 heteroatoms. The average Bonchev–Trinajstić information content (AvgIpc) is 2.61. The van der Waals surface area contributed by atoms with E-state index in [0.29, 0.717) is 30.2 Å². The van der Waals surface area contributed by atoms with E-state index >= 15 is 0 Å². The third kappa shape index (κ3) is 3.80. The summed E-state index contributed by atoms with van der Waals surface area (Å²) >= 11 is 0. The number of carbonyl (C=O) groups excluding carboxylic acids is 1. The number of fused-ring (bicyclic) bond motifs is 1. The lowest BCUT2D eigenvalue weighted by atomic mass is 9.95. The van der Waals surface area contributed by atoms with Crippen LogP contribution in [0.25, 0.3) is 0 Å². The maximum Gasteiger partial charge on any atom is 0.241 e. The van der Waals surface area contributed by atoms with E-state index in [1.807, 2.05) is 12.1 Å². The molecular formula is C18H21ClN2O3. The second-order valence-corrected chi connectivity index (χ2v) is 5.47. The van der Waals surface area contributed by atoms with Gasteiger partial charge < -0.3 is 20.1 Å². The lowest BCUT2D eigenvalue weighted by Crippen LogP contribution is -2.44. The van der Waals surface area contributed by atoms with E-state index in [0.717, 1.165) is 0 Å². The van der Waals surface area contributed by atoms with E-state index in [1.165, 1.54) is 11.1 Å². The van der Waals surface area contributed by atoms with E-state index in [-0.39, 0.29) is 24.4 Å². The Morgan fingerprint density at radius 2 is 1.79 bits per heavy atom. The highest BCUT2D eigenvalue weighted by atomic mass is 35.5. The Morgan fingerprint density at radius 3 is 2.50 bits per heavy atom. The summed E-state index contributed by atoms with van der Waals surface area (Å²) in [5, 5.41) is 6.21. The van der Waals surface area contributed by atoms with Crippen molar-refractivity contribution in [2.24, 2.45) is 0 Å². The predicted molar refractivity (Wildman–Crippen MR) is 96.2 cm³/mol. The van der Waals surface area contributed by atoms with Crippen molar-refractivity contribution < 1.29 is 14.3 Å². The van der Waals surface area contributed by atoms with Gasteiger partial charge in [-0.15, -0.1) is 12.4 Å². The van der Waals surface area contributed by atoms with E-state index in [9.17, 15) is 4.79 Å². The molecule has 24 heavy (non-hydrogen) atoms. The maximum absolute atomic E-state index is 12.5. The molecule has 2 aromatic rings. The van der Waals surface area contributed by atoms with E-state index in [2.05, 4.69) is 22.8 Å². The largest absolute Gasteiger partial charge is 0.493 e. The number of ether oxygens (including phenoxy) is 2. The van der Waals surface area contributed by atoms with Gasteiger partial charge in [0.05, 0.1) is 20.3 Å². The molecule has 0 saturated carbocycles. The molecule has 5 nitrogen and oxygen atoms in total. The van der Waals surface area contributed by atoms with Crippen molar-refractivity contribution in [2.45, 2.75) is 19.0 Å². The minimum absolute atomic E-state index is 0. The fraction of sp³-hybridized carbons (Fsp3) is 0.278. The molecule has 1 amide bonds. The van der Waals surface area contributed by atoms with Crippen LogP contribution in [-0.4, -0.2) is 26.2 Å². The molecular weight excluding hydrogens is 328 g/mol. The highest BCUT2D eigenvalue weighted by Gasteiger charge is 2.24. The molecule has 0 aromatic heterocycles. The van der Waals surface area contributed by atoms with Crippen molar-refractivity contribution in [3.05, 3.63) is 53.6 Å². The van der Waals surface area contributed by atoms with Gasteiger partial charge in [0.1, 0.15) is 0 Å². The molecule has 1 unspecified atom stereocenters. The van der Waals surface area contributed by atoms with Crippen molar-refractivity contribution >= 4 is 24.0 Å². The maximum atomic E-state index is 12.5. The second-order valence-electron chi connectivity index (χ2n) is 5.47. The summed E-state index contributed by atoms with van der Waals surface area (Å²) in [6.07, 6.45) is 0.690. The SMILES string of the molecule is COc1ccc(NC(=O)C2Cc3ccccc3CN2)cc1OC.Cl. The van der Waals surface area contributed by atoms with Crippen LogP contribution in [0, 0.1) is 0 Å². The molecule has 2 N–H and O–H groups in total. The van der Waals surface area contributed by atoms with Crippen LogP contribution in [0.3, 0.4) is 0 Å². The zero-order valence-corrected chi connectivity index (χ0v) is 14.5. The Bertz CT molecular complexity index is 721. The fourth-order valence-electron chi connectivity index (χ4n) is 2.78. The first-order chi connectivity index (χ1) is 11.2. The van der Waals surface area contributed by atoms with Gasteiger partial charge >= 0.3 is 0 Å². The van der Waals surface area contributed by atoms with Crippen molar-refractivity contribution in [1.29, 1.82) is 0 Å². The summed E-state index contributed by atoms with van der Waals surface area (Å²) < 4.78 is 10.5. The third-order valence-electron chi connectivity index (χ3n) is 4.05. The van der Waals surface area contributed by atoms with Crippen molar-refractivity contribution in [1.82, 2.24) is 5.32 Å². The van der Waals surface area contributed by atoms with Crippen LogP contribution >= 0.6 is 12.4 Å². The zero-order chi connectivity index (χ0) is 16.2. The minimum Gasteiger partial charge on any atom is -0.493 e. The molecule has 0 aliphatic carbocycles. The van der Waals surface area contributed by atoms with Gasteiger partial charge in [0.2, 0.25) is 5.91 Å². The minimum atomic E-state index is -0.238. The molecule has 0 radical (unpaired) electrons. The highest BCUT2D eigenvalue weighted by molar-refractivity contribution is 5.95. The first kappa shape index (κ1) is 18.1. The van der Waals surface area contributed by atoms with E-state index < -0.39 is 0 Å². The number of rotatable bonds is 4. The van der Waals surface area contributed by atoms with Gasteiger partial charge in [-0.3, -0.25) is 4.79 Å². The van der Waals surface area contributed by atoms with E-state index in [4.69, 9.17) is 9.47 Å². The Hall–Kier alpha value is -2.24. The van der Waals surface area contributed by atoms with Crippen molar-refractivity contribution in [3.63, 3.8) is 0 Å². The van der Waals surface area contributed by atoms with E-state index in [1.54, 1.807) is 32.4 Å². The summed E-state index contributed by atoms with van der Waals surface area (Å²) in [5.41, 5.74) is 3.16. The zero-order valence-electron chi connectivity index (χ0n) is 13.7. The van der Waals surface area contributed by atoms with Crippen LogP contribution in [0.2, 0.25) is 0 Å². The smallest absolute Gasteiger partial charge is 0.241 e. The van der Waals surface area contributed by atoms with Crippen LogP contribution in [0.4, 0.5) is 5.69 Å². The lowest BCUT2D eigenvalue weighted by Gasteiger charge is -2.25. The fourth-order valence-corrected chi connectivity index (χ4v) is 2.78. The summed E-state index contributed by atoms with van der Waals surface area (Å²) in [7, 11) is 3.16. The van der Waals surface area contributed by atoms with Gasteiger partial charge in [-0.2, -0.15) is 0 Å². The number of methoxy groups -OCH3 is 2. The molecule has 0 spiro atoms. The van der Waals surface area contributed by atoms with Crippen molar-refractivity contribution in [2.75, 3.05) is 19.5 Å². The number of hydrogen-bond acceptors (Lipinski definition) is 4. The number of nitrogens with one attached hydrogen (secondary N) is 2. The number of anilines is 1.